The van der Waals surface area contributed by atoms with Crippen molar-refractivity contribution in [1.29, 1.82) is 0 Å². The molecule has 9 heavy (non-hydrogen) atoms. The second-order valence-corrected chi connectivity index (χ2v) is 1.81. The fourth-order valence-corrected chi connectivity index (χ4v) is 0.406. The number of carbonyl (C=O) groups is 1. The van der Waals surface area contributed by atoms with E-state index < -0.39 is 0 Å². The van der Waals surface area contributed by atoms with E-state index in [0.29, 0.717) is 0 Å². The van der Waals surface area contributed by atoms with Gasteiger partial charge >= 0.3 is 0 Å². The maximum absolute atomic E-state index is 10.3. The molecular formula is C8H12O. The molecule has 0 unspecified atom stereocenters. The van der Waals surface area contributed by atoms with Crippen molar-refractivity contribution in [2.24, 2.45) is 0 Å². The van der Waals surface area contributed by atoms with Gasteiger partial charge in [0, 0.05) is 0 Å². The number of allylic oxidation sites excluding steroid dienone is 4. The lowest BCUT2D eigenvalue weighted by molar-refractivity contribution is -0.112. The summed E-state index contributed by atoms with van der Waals surface area (Å²) in [5.74, 6) is 0.0933. The molecule has 0 atom stereocenters. The van der Waals surface area contributed by atoms with E-state index >= 15 is 0 Å². The van der Waals surface area contributed by atoms with Crippen molar-refractivity contribution in [1.82, 2.24) is 0 Å². The molecule has 0 N–H and O–H groups in total. The van der Waals surface area contributed by atoms with Gasteiger partial charge in [-0.25, -0.2) is 0 Å². The van der Waals surface area contributed by atoms with Crippen LogP contribution in [0, 0.1) is 0 Å². The van der Waals surface area contributed by atoms with Crippen LogP contribution in [0.2, 0.25) is 0 Å². The summed E-state index contributed by atoms with van der Waals surface area (Å²) in [5, 5.41) is 0. The first-order chi connectivity index (χ1) is 4.27. The summed E-state index contributed by atoms with van der Waals surface area (Å²) in [4.78, 5) is 10.3. The van der Waals surface area contributed by atoms with Crippen LogP contribution in [0.5, 0.6) is 0 Å². The molecule has 0 heterocycles. The topological polar surface area (TPSA) is 17.1 Å². The van der Waals surface area contributed by atoms with E-state index in [2.05, 4.69) is 6.92 Å². The highest BCUT2D eigenvalue weighted by Crippen LogP contribution is 1.81. The highest BCUT2D eigenvalue weighted by molar-refractivity contribution is 5.87. The van der Waals surface area contributed by atoms with Crippen LogP contribution >= 0.6 is 0 Å². The average Bonchev–Trinajstić information content (AvgIpc) is 1.80. The van der Waals surface area contributed by atoms with E-state index in [1.54, 1.807) is 12.2 Å². The van der Waals surface area contributed by atoms with Gasteiger partial charge in [-0.3, -0.25) is 4.79 Å². The molecule has 0 aromatic heterocycles. The van der Waals surface area contributed by atoms with Gasteiger partial charge in [0.1, 0.15) is 0 Å². The van der Waals surface area contributed by atoms with Crippen molar-refractivity contribution in [2.75, 3.05) is 0 Å². The lowest BCUT2D eigenvalue weighted by Gasteiger charge is -1.74. The van der Waals surface area contributed by atoms with E-state index in [1.165, 1.54) is 6.92 Å². The molecule has 0 aliphatic rings. The third-order valence-corrected chi connectivity index (χ3v) is 0.814. The molecule has 0 rings (SSSR count). The predicted molar refractivity (Wildman–Crippen MR) is 39.3 cm³/mol. The Morgan fingerprint density at radius 1 is 1.44 bits per heavy atom. The Balaban J connectivity index is 3.47. The second kappa shape index (κ2) is 5.29. The Morgan fingerprint density at radius 2 is 2.11 bits per heavy atom. The van der Waals surface area contributed by atoms with E-state index in [4.69, 9.17) is 0 Å². The van der Waals surface area contributed by atoms with Gasteiger partial charge < -0.3 is 0 Å². The zero-order valence-electron chi connectivity index (χ0n) is 5.92. The van der Waals surface area contributed by atoms with Crippen molar-refractivity contribution in [3.8, 4) is 0 Å². The molecule has 0 spiro atoms. The van der Waals surface area contributed by atoms with Crippen LogP contribution < -0.4 is 0 Å². The van der Waals surface area contributed by atoms with Gasteiger partial charge in [-0.2, -0.15) is 0 Å². The minimum Gasteiger partial charge on any atom is -0.295 e. The second-order valence-electron chi connectivity index (χ2n) is 1.81. The minimum absolute atomic E-state index is 0.0933. The first kappa shape index (κ1) is 8.15. The Kier molecular flexibility index (Phi) is 4.79. The molecular weight excluding hydrogens is 112 g/mol. The van der Waals surface area contributed by atoms with Crippen molar-refractivity contribution in [2.45, 2.75) is 20.3 Å². The lowest BCUT2D eigenvalue weighted by atomic mass is 10.3. The van der Waals surface area contributed by atoms with Gasteiger partial charge in [0.05, 0.1) is 0 Å². The highest BCUT2D eigenvalue weighted by atomic mass is 16.1. The molecule has 1 nitrogen and oxygen atoms in total. The summed E-state index contributed by atoms with van der Waals surface area (Å²) < 4.78 is 0. The number of hydrogen-bond acceptors (Lipinski definition) is 1. The maximum atomic E-state index is 10.3. The summed E-state index contributed by atoms with van der Waals surface area (Å²) in [5.41, 5.74) is 0. The Hall–Kier alpha value is -0.850. The fraction of sp³-hybridized carbons (Fsp3) is 0.375. The van der Waals surface area contributed by atoms with Crippen molar-refractivity contribution >= 4 is 5.78 Å². The fourth-order valence-electron chi connectivity index (χ4n) is 0.406. The third-order valence-electron chi connectivity index (χ3n) is 0.814. The maximum Gasteiger partial charge on any atom is 0.152 e. The lowest BCUT2D eigenvalue weighted by Crippen LogP contribution is -1.77. The third kappa shape index (κ3) is 7.15. The molecule has 0 aliphatic carbocycles. The molecule has 0 amide bonds. The molecule has 0 aliphatic heterocycles. The molecule has 0 fully saturated rings. The number of rotatable bonds is 3. The summed E-state index contributed by atoms with van der Waals surface area (Å²) >= 11 is 0. The number of hydrogen-bond donors (Lipinski definition) is 0. The van der Waals surface area contributed by atoms with Crippen LogP contribution in [-0.4, -0.2) is 5.78 Å². The van der Waals surface area contributed by atoms with Crippen molar-refractivity contribution in [3.05, 3.63) is 24.3 Å². The Labute approximate surface area is 56.1 Å². The molecule has 50 valence electrons. The molecule has 0 aromatic carbocycles. The van der Waals surface area contributed by atoms with Crippen LogP contribution in [0.4, 0.5) is 0 Å². The van der Waals surface area contributed by atoms with Crippen molar-refractivity contribution in [3.63, 3.8) is 0 Å². The van der Waals surface area contributed by atoms with Crippen LogP contribution in [0.15, 0.2) is 24.3 Å². The average molecular weight is 124 g/mol. The minimum atomic E-state index is 0.0933. The monoisotopic (exact) mass is 124 g/mol. The standard InChI is InChI=1S/C8H12O/c1-3-4-5-6-7-8(2)9/h4-7H,3H2,1-2H3/b5-4-,7-6+. The van der Waals surface area contributed by atoms with Crippen LogP contribution in [0.25, 0.3) is 0 Å². The Bertz CT molecular complexity index is 132. The summed E-state index contributed by atoms with van der Waals surface area (Å²) in [6.45, 7) is 3.59. The molecule has 1 heteroatoms. The van der Waals surface area contributed by atoms with Crippen molar-refractivity contribution < 1.29 is 4.79 Å². The van der Waals surface area contributed by atoms with Gasteiger partial charge in [0.2, 0.25) is 0 Å². The molecule has 0 saturated heterocycles. The molecule has 0 aromatic rings. The van der Waals surface area contributed by atoms with Crippen LogP contribution in [0.1, 0.15) is 20.3 Å². The first-order valence-electron chi connectivity index (χ1n) is 3.11. The predicted octanol–water partition coefficient (Wildman–Crippen LogP) is 2.10. The zero-order valence-corrected chi connectivity index (χ0v) is 5.92. The van der Waals surface area contributed by atoms with Gasteiger partial charge in [0.15, 0.2) is 5.78 Å². The molecule has 0 saturated carbocycles. The zero-order chi connectivity index (χ0) is 7.11. The quantitative estimate of drug-likeness (QED) is 0.416. The highest BCUT2D eigenvalue weighted by Gasteiger charge is 1.75. The molecule has 0 bridgehead atoms. The first-order valence-corrected chi connectivity index (χ1v) is 3.11. The summed E-state index contributed by atoms with van der Waals surface area (Å²) in [6.07, 6.45) is 8.20. The normalized spacial score (nSPS) is 11.3. The summed E-state index contributed by atoms with van der Waals surface area (Å²) in [7, 11) is 0. The molecule has 0 radical (unpaired) electrons. The van der Waals surface area contributed by atoms with Gasteiger partial charge in [-0.15, -0.1) is 0 Å². The van der Waals surface area contributed by atoms with Crippen LogP contribution in [0.3, 0.4) is 0 Å². The van der Waals surface area contributed by atoms with Gasteiger partial charge in [-0.05, 0) is 19.4 Å². The number of ketones is 1. The van der Waals surface area contributed by atoms with E-state index in [-0.39, 0.29) is 5.78 Å². The van der Waals surface area contributed by atoms with E-state index in [9.17, 15) is 4.79 Å². The Morgan fingerprint density at radius 3 is 2.56 bits per heavy atom. The SMILES string of the molecule is CC/C=C\C=C\C(C)=O. The van der Waals surface area contributed by atoms with Crippen LogP contribution in [-0.2, 0) is 4.79 Å². The van der Waals surface area contributed by atoms with Gasteiger partial charge in [0.25, 0.3) is 0 Å². The smallest absolute Gasteiger partial charge is 0.152 e. The largest absolute Gasteiger partial charge is 0.295 e. The van der Waals surface area contributed by atoms with E-state index in [1.807, 2.05) is 12.2 Å². The number of carbonyl (C=O) groups excluding carboxylic acids is 1. The summed E-state index contributed by atoms with van der Waals surface area (Å²) in [6, 6.07) is 0. The van der Waals surface area contributed by atoms with E-state index in [0.717, 1.165) is 6.42 Å². The van der Waals surface area contributed by atoms with Gasteiger partial charge in [-0.1, -0.05) is 25.2 Å².